The summed E-state index contributed by atoms with van der Waals surface area (Å²) in [4.78, 5) is 23.3. The van der Waals surface area contributed by atoms with Crippen molar-refractivity contribution in [2.24, 2.45) is 0 Å². The lowest BCUT2D eigenvalue weighted by Gasteiger charge is -2.07. The number of fused-ring (bicyclic) bond motifs is 1. The lowest BCUT2D eigenvalue weighted by Crippen LogP contribution is -2.04. The molecule has 0 saturated carbocycles. The second-order valence-electron chi connectivity index (χ2n) is 6.19. The zero-order valence-corrected chi connectivity index (χ0v) is 13.9. The summed E-state index contributed by atoms with van der Waals surface area (Å²) in [6.45, 7) is 0. The maximum atomic E-state index is 12.7. The fourth-order valence-electron chi connectivity index (χ4n) is 3.02. The van der Waals surface area contributed by atoms with Gasteiger partial charge in [-0.05, 0) is 34.7 Å². The molecule has 3 nitrogen and oxygen atoms in total. The van der Waals surface area contributed by atoms with Crippen LogP contribution in [0.5, 0.6) is 0 Å². The van der Waals surface area contributed by atoms with Crippen LogP contribution in [0.2, 0.25) is 0 Å². The van der Waals surface area contributed by atoms with Crippen molar-refractivity contribution < 1.29 is 14.7 Å². The van der Waals surface area contributed by atoms with Crippen molar-refractivity contribution >= 4 is 22.5 Å². The topological polar surface area (TPSA) is 54.4 Å². The third kappa shape index (κ3) is 4.32. The van der Waals surface area contributed by atoms with Crippen molar-refractivity contribution in [1.29, 1.82) is 0 Å². The first kappa shape index (κ1) is 16.9. The Hall–Kier alpha value is -2.94. The van der Waals surface area contributed by atoms with Gasteiger partial charge in [-0.2, -0.15) is 0 Å². The predicted octanol–water partition coefficient (Wildman–Crippen LogP) is 4.67. The van der Waals surface area contributed by atoms with Gasteiger partial charge in [-0.25, -0.2) is 0 Å². The molecule has 3 aromatic carbocycles. The van der Waals surface area contributed by atoms with Gasteiger partial charge in [0.15, 0.2) is 5.78 Å². The molecule has 0 amide bonds. The number of rotatable bonds is 7. The monoisotopic (exact) mass is 332 g/mol. The van der Waals surface area contributed by atoms with Crippen molar-refractivity contribution in [3.05, 3.63) is 83.4 Å². The molecule has 0 atom stereocenters. The number of benzene rings is 3. The normalized spacial score (nSPS) is 10.7. The quantitative estimate of drug-likeness (QED) is 0.640. The van der Waals surface area contributed by atoms with E-state index in [-0.39, 0.29) is 12.2 Å². The number of Topliss-reactive ketones (excluding diaryl/α,β-unsaturated/α-hetero) is 1. The Bertz CT molecular complexity index is 889. The fourth-order valence-corrected chi connectivity index (χ4v) is 3.02. The van der Waals surface area contributed by atoms with Crippen LogP contribution in [0.3, 0.4) is 0 Å². The van der Waals surface area contributed by atoms with Gasteiger partial charge in [0.25, 0.3) is 0 Å². The number of ketones is 1. The van der Waals surface area contributed by atoms with Crippen LogP contribution in [0.1, 0.15) is 34.3 Å². The van der Waals surface area contributed by atoms with Gasteiger partial charge in [0, 0.05) is 18.4 Å². The Kier molecular flexibility index (Phi) is 5.24. The van der Waals surface area contributed by atoms with Gasteiger partial charge in [-0.1, -0.05) is 66.7 Å². The minimum atomic E-state index is -0.766. The number of hydrogen-bond donors (Lipinski definition) is 1. The van der Waals surface area contributed by atoms with E-state index in [2.05, 4.69) is 0 Å². The van der Waals surface area contributed by atoms with Crippen molar-refractivity contribution in [2.45, 2.75) is 25.7 Å². The molecule has 0 heterocycles. The van der Waals surface area contributed by atoms with Crippen molar-refractivity contribution in [1.82, 2.24) is 0 Å². The van der Waals surface area contributed by atoms with E-state index in [1.165, 1.54) is 0 Å². The molecule has 0 aliphatic rings. The SMILES string of the molecule is O=C(O)CCCc1ccc(CC(=O)c2cccc3ccccc23)cc1. The van der Waals surface area contributed by atoms with Crippen LogP contribution in [-0.4, -0.2) is 16.9 Å². The molecule has 0 radical (unpaired) electrons. The molecule has 126 valence electrons. The third-order valence-electron chi connectivity index (χ3n) is 4.33. The van der Waals surface area contributed by atoms with Crippen LogP contribution in [0, 0.1) is 0 Å². The zero-order valence-electron chi connectivity index (χ0n) is 13.9. The smallest absolute Gasteiger partial charge is 0.303 e. The molecular formula is C22H20O3. The predicted molar refractivity (Wildman–Crippen MR) is 99.0 cm³/mol. The van der Waals surface area contributed by atoms with E-state index in [1.807, 2.05) is 66.7 Å². The molecule has 0 spiro atoms. The van der Waals surface area contributed by atoms with E-state index in [0.717, 1.165) is 33.9 Å². The Morgan fingerprint density at radius 2 is 1.48 bits per heavy atom. The molecule has 3 rings (SSSR count). The molecular weight excluding hydrogens is 312 g/mol. The van der Waals surface area contributed by atoms with E-state index in [1.54, 1.807) is 0 Å². The highest BCUT2D eigenvalue weighted by Crippen LogP contribution is 2.20. The summed E-state index contributed by atoms with van der Waals surface area (Å²) in [6, 6.07) is 21.6. The number of aryl methyl sites for hydroxylation is 1. The van der Waals surface area contributed by atoms with Crippen molar-refractivity contribution in [3.8, 4) is 0 Å². The number of aliphatic carboxylic acids is 1. The minimum Gasteiger partial charge on any atom is -0.481 e. The van der Waals surface area contributed by atoms with Gasteiger partial charge in [0.05, 0.1) is 0 Å². The second kappa shape index (κ2) is 7.75. The number of carbonyl (C=O) groups excluding carboxylic acids is 1. The van der Waals surface area contributed by atoms with Gasteiger partial charge < -0.3 is 5.11 Å². The average Bonchev–Trinajstić information content (AvgIpc) is 2.62. The van der Waals surface area contributed by atoms with Crippen LogP contribution in [-0.2, 0) is 17.6 Å². The highest BCUT2D eigenvalue weighted by Gasteiger charge is 2.10. The molecule has 0 fully saturated rings. The summed E-state index contributed by atoms with van der Waals surface area (Å²) >= 11 is 0. The van der Waals surface area contributed by atoms with Crippen LogP contribution >= 0.6 is 0 Å². The van der Waals surface area contributed by atoms with Gasteiger partial charge in [0.2, 0.25) is 0 Å². The van der Waals surface area contributed by atoms with Crippen molar-refractivity contribution in [2.75, 3.05) is 0 Å². The first-order valence-electron chi connectivity index (χ1n) is 8.44. The summed E-state index contributed by atoms with van der Waals surface area (Å²) in [5.74, 6) is -0.660. The lowest BCUT2D eigenvalue weighted by molar-refractivity contribution is -0.137. The molecule has 0 unspecified atom stereocenters. The Labute approximate surface area is 146 Å². The Morgan fingerprint density at radius 1 is 0.800 bits per heavy atom. The van der Waals surface area contributed by atoms with Crippen LogP contribution in [0.15, 0.2) is 66.7 Å². The molecule has 0 aliphatic heterocycles. The van der Waals surface area contributed by atoms with Gasteiger partial charge in [-0.3, -0.25) is 9.59 Å². The highest BCUT2D eigenvalue weighted by atomic mass is 16.4. The van der Waals surface area contributed by atoms with Gasteiger partial charge in [-0.15, -0.1) is 0 Å². The van der Waals surface area contributed by atoms with E-state index >= 15 is 0 Å². The maximum absolute atomic E-state index is 12.7. The summed E-state index contributed by atoms with van der Waals surface area (Å²) < 4.78 is 0. The summed E-state index contributed by atoms with van der Waals surface area (Å²) in [7, 11) is 0. The maximum Gasteiger partial charge on any atom is 0.303 e. The average molecular weight is 332 g/mol. The molecule has 0 bridgehead atoms. The molecule has 3 aromatic rings. The zero-order chi connectivity index (χ0) is 17.6. The second-order valence-corrected chi connectivity index (χ2v) is 6.19. The van der Waals surface area contributed by atoms with Crippen LogP contribution in [0.4, 0.5) is 0 Å². The highest BCUT2D eigenvalue weighted by molar-refractivity contribution is 6.08. The van der Waals surface area contributed by atoms with E-state index in [0.29, 0.717) is 12.8 Å². The summed E-state index contributed by atoms with van der Waals surface area (Å²) in [5, 5.41) is 10.7. The van der Waals surface area contributed by atoms with Crippen molar-refractivity contribution in [3.63, 3.8) is 0 Å². The largest absolute Gasteiger partial charge is 0.481 e. The van der Waals surface area contributed by atoms with E-state index in [9.17, 15) is 9.59 Å². The van der Waals surface area contributed by atoms with E-state index < -0.39 is 5.97 Å². The fraction of sp³-hybridized carbons (Fsp3) is 0.182. The molecule has 3 heteroatoms. The first-order chi connectivity index (χ1) is 12.1. The Balaban J connectivity index is 1.69. The van der Waals surface area contributed by atoms with Gasteiger partial charge in [0.1, 0.15) is 0 Å². The van der Waals surface area contributed by atoms with Gasteiger partial charge >= 0.3 is 5.97 Å². The first-order valence-corrected chi connectivity index (χ1v) is 8.44. The number of carboxylic acid groups (broad SMARTS) is 1. The molecule has 0 aromatic heterocycles. The third-order valence-corrected chi connectivity index (χ3v) is 4.33. The minimum absolute atomic E-state index is 0.107. The molecule has 25 heavy (non-hydrogen) atoms. The molecule has 0 saturated heterocycles. The number of carboxylic acids is 1. The molecule has 0 aliphatic carbocycles. The standard InChI is InChI=1S/C22H20O3/c23-21(20-9-4-7-18-6-1-2-8-19(18)20)15-17-13-11-16(12-14-17)5-3-10-22(24)25/h1-2,4,6-9,11-14H,3,5,10,15H2,(H,24,25). The van der Waals surface area contributed by atoms with Crippen LogP contribution in [0.25, 0.3) is 10.8 Å². The summed E-state index contributed by atoms with van der Waals surface area (Å²) in [5.41, 5.74) is 2.83. The van der Waals surface area contributed by atoms with E-state index in [4.69, 9.17) is 5.11 Å². The molecule has 1 N–H and O–H groups in total. The number of hydrogen-bond acceptors (Lipinski definition) is 2. The summed E-state index contributed by atoms with van der Waals surface area (Å²) in [6.07, 6.45) is 1.91. The lowest BCUT2D eigenvalue weighted by atomic mass is 9.96. The Morgan fingerprint density at radius 3 is 2.24 bits per heavy atom. The van der Waals surface area contributed by atoms with Crippen LogP contribution < -0.4 is 0 Å². The number of carbonyl (C=O) groups is 2.